The molecule has 5 aromatic rings. The zero-order valence-electron chi connectivity index (χ0n) is 20.0. The molecule has 0 radical (unpaired) electrons. The van der Waals surface area contributed by atoms with Gasteiger partial charge in [0.05, 0.1) is 42.0 Å². The van der Waals surface area contributed by atoms with Crippen molar-refractivity contribution in [2.24, 2.45) is 0 Å². The van der Waals surface area contributed by atoms with E-state index < -0.39 is 8.32 Å². The minimum absolute atomic E-state index is 0.343. The number of carbonyl (C=O) groups is 2. The van der Waals surface area contributed by atoms with Crippen molar-refractivity contribution in [2.75, 3.05) is 19.8 Å². The second-order valence-electron chi connectivity index (χ2n) is 9.92. The molecule has 35 heavy (non-hydrogen) atoms. The van der Waals surface area contributed by atoms with Crippen LogP contribution in [-0.4, -0.2) is 49.5 Å². The van der Waals surface area contributed by atoms with Crippen molar-refractivity contribution >= 4 is 63.7 Å². The molecule has 0 unspecified atom stereocenters. The van der Waals surface area contributed by atoms with Crippen LogP contribution in [0.15, 0.2) is 48.5 Å². The van der Waals surface area contributed by atoms with E-state index in [2.05, 4.69) is 40.6 Å². The van der Waals surface area contributed by atoms with Gasteiger partial charge < -0.3 is 18.7 Å². The van der Waals surface area contributed by atoms with E-state index >= 15 is 0 Å². The Bertz CT molecular complexity index is 1660. The van der Waals surface area contributed by atoms with Crippen LogP contribution < -0.4 is 5.32 Å². The predicted molar refractivity (Wildman–Crippen MR) is 141 cm³/mol. The van der Waals surface area contributed by atoms with Crippen LogP contribution in [0.4, 0.5) is 0 Å². The molecule has 7 nitrogen and oxygen atoms in total. The highest BCUT2D eigenvalue weighted by molar-refractivity contribution is 6.69. The first-order chi connectivity index (χ1) is 16.8. The molecule has 0 bridgehead atoms. The third-order valence-electron chi connectivity index (χ3n) is 6.57. The molecule has 8 heteroatoms. The average molecular weight is 486 g/mol. The first-order valence-electron chi connectivity index (χ1n) is 11.9. The van der Waals surface area contributed by atoms with Crippen LogP contribution in [0.1, 0.15) is 20.7 Å². The van der Waals surface area contributed by atoms with Crippen LogP contribution in [-0.2, 0) is 15.7 Å². The molecule has 2 N–H and O–H groups in total. The zero-order chi connectivity index (χ0) is 24.3. The Kier molecular flexibility index (Phi) is 5.07. The van der Waals surface area contributed by atoms with E-state index in [0.717, 1.165) is 43.6 Å². The number of carbonyl (C=O) groups excluding carboxylic acids is 2. The average Bonchev–Trinajstić information content (AvgIpc) is 3.45. The fourth-order valence-corrected chi connectivity index (χ4v) is 5.92. The lowest BCUT2D eigenvalue weighted by molar-refractivity contribution is 0.0880. The number of benzene rings is 3. The van der Waals surface area contributed by atoms with Gasteiger partial charge in [-0.2, -0.15) is 0 Å². The molecule has 1 aliphatic rings. The van der Waals surface area contributed by atoms with E-state index in [0.29, 0.717) is 37.5 Å². The number of ether oxygens (including phenoxy) is 1. The molecular formula is C27H27N3O4Si. The summed E-state index contributed by atoms with van der Waals surface area (Å²) < 4.78 is 14.0. The van der Waals surface area contributed by atoms with E-state index in [9.17, 15) is 9.59 Å². The van der Waals surface area contributed by atoms with Crippen LogP contribution in [0.3, 0.4) is 0 Å². The van der Waals surface area contributed by atoms with Gasteiger partial charge in [-0.15, -0.1) is 0 Å². The number of hydrogen-bond acceptors (Lipinski definition) is 4. The number of aromatic amines is 1. The Labute approximate surface area is 203 Å². The summed E-state index contributed by atoms with van der Waals surface area (Å²) in [6.45, 7) is 8.73. The molecule has 3 heterocycles. The molecule has 0 spiro atoms. The van der Waals surface area contributed by atoms with E-state index in [4.69, 9.17) is 9.16 Å². The number of hydrogen-bond donors (Lipinski definition) is 2. The van der Waals surface area contributed by atoms with Crippen LogP contribution >= 0.6 is 0 Å². The Morgan fingerprint density at radius 1 is 0.829 bits per heavy atom. The van der Waals surface area contributed by atoms with Gasteiger partial charge in [0.25, 0.3) is 11.8 Å². The van der Waals surface area contributed by atoms with Gasteiger partial charge >= 0.3 is 0 Å². The number of nitrogens with zero attached hydrogens (tertiary/aromatic N) is 1. The van der Waals surface area contributed by atoms with Crippen LogP contribution in [0.2, 0.25) is 19.6 Å². The molecule has 0 saturated carbocycles. The van der Waals surface area contributed by atoms with Crippen molar-refractivity contribution in [1.29, 1.82) is 0 Å². The summed E-state index contributed by atoms with van der Waals surface area (Å²) in [5.41, 5.74) is 4.64. The summed E-state index contributed by atoms with van der Waals surface area (Å²) in [6.07, 6.45) is 0. The van der Waals surface area contributed by atoms with Gasteiger partial charge in [-0.05, 0) is 31.8 Å². The predicted octanol–water partition coefficient (Wildman–Crippen LogP) is 5.18. The summed E-state index contributed by atoms with van der Waals surface area (Å²) in [6, 6.07) is 15.9. The number of H-pyrrole nitrogens is 1. The quantitative estimate of drug-likeness (QED) is 0.189. The molecule has 3 aromatic carbocycles. The number of amides is 2. The third-order valence-corrected chi connectivity index (χ3v) is 7.64. The summed E-state index contributed by atoms with van der Waals surface area (Å²) in [7, 11) is -1.57. The summed E-state index contributed by atoms with van der Waals surface area (Å²) >= 11 is 0. The third kappa shape index (κ3) is 3.48. The normalized spacial score (nSPS) is 14.0. The van der Waals surface area contributed by atoms with Gasteiger partial charge in [0, 0.05) is 39.1 Å². The highest BCUT2D eigenvalue weighted by Crippen LogP contribution is 2.43. The maximum Gasteiger partial charge on any atom is 0.259 e. The number of rotatable bonds is 7. The molecule has 0 atom stereocenters. The molecule has 178 valence electrons. The second-order valence-corrected chi connectivity index (χ2v) is 14.4. The van der Waals surface area contributed by atoms with Crippen molar-refractivity contribution in [3.05, 3.63) is 59.7 Å². The topological polar surface area (TPSA) is 85.3 Å². The summed E-state index contributed by atoms with van der Waals surface area (Å²) in [4.78, 5) is 29.6. The van der Waals surface area contributed by atoms with Crippen molar-refractivity contribution in [3.63, 3.8) is 0 Å². The molecule has 2 aromatic heterocycles. The van der Waals surface area contributed by atoms with Crippen LogP contribution in [0.25, 0.3) is 43.6 Å². The van der Waals surface area contributed by atoms with Gasteiger partial charge in [-0.1, -0.05) is 36.4 Å². The van der Waals surface area contributed by atoms with E-state index in [1.807, 2.05) is 42.5 Å². The van der Waals surface area contributed by atoms with Gasteiger partial charge in [0.1, 0.15) is 0 Å². The lowest BCUT2D eigenvalue weighted by Crippen LogP contribution is -2.27. The van der Waals surface area contributed by atoms with E-state index in [1.165, 1.54) is 0 Å². The maximum atomic E-state index is 13.1. The SMILES string of the molecule is C[Si](C)(C)OCCOCCn1c2ccccc2c2c3c(c4c5ccccc5[nH]c4c21)C(=O)NC3=O. The number of para-hydroxylation sites is 2. The molecule has 0 fully saturated rings. The molecule has 0 aliphatic carbocycles. The van der Waals surface area contributed by atoms with Crippen molar-refractivity contribution in [1.82, 2.24) is 14.9 Å². The maximum absolute atomic E-state index is 13.1. The Morgan fingerprint density at radius 2 is 1.51 bits per heavy atom. The number of fused-ring (bicyclic) bond motifs is 10. The highest BCUT2D eigenvalue weighted by Gasteiger charge is 2.35. The van der Waals surface area contributed by atoms with Gasteiger partial charge in [0.2, 0.25) is 0 Å². The van der Waals surface area contributed by atoms with Gasteiger partial charge in [0.15, 0.2) is 8.32 Å². The first-order valence-corrected chi connectivity index (χ1v) is 15.3. The standard InChI is InChI=1S/C27H27N3O4Si/c1-35(2,3)34-15-14-33-13-12-30-19-11-7-5-9-17(19)21-23-22(26(31)29-27(23)32)20-16-8-4-6-10-18(16)28-24(20)25(21)30/h4-11,28H,12-15H2,1-3H3,(H,29,31,32). The van der Waals surface area contributed by atoms with Crippen LogP contribution in [0.5, 0.6) is 0 Å². The lowest BCUT2D eigenvalue weighted by atomic mass is 9.97. The highest BCUT2D eigenvalue weighted by atomic mass is 28.4. The van der Waals surface area contributed by atoms with Gasteiger partial charge in [-0.3, -0.25) is 14.9 Å². The molecule has 2 amide bonds. The largest absolute Gasteiger partial charge is 0.415 e. The molecular weight excluding hydrogens is 458 g/mol. The van der Waals surface area contributed by atoms with E-state index in [-0.39, 0.29) is 11.8 Å². The molecule has 6 rings (SSSR count). The number of aromatic nitrogens is 2. The zero-order valence-corrected chi connectivity index (χ0v) is 21.0. The monoisotopic (exact) mass is 485 g/mol. The second kappa shape index (κ2) is 8.05. The minimum atomic E-state index is -1.57. The Hall–Kier alpha value is -3.46. The molecule has 1 aliphatic heterocycles. The van der Waals surface area contributed by atoms with Gasteiger partial charge in [-0.25, -0.2) is 0 Å². The smallest absolute Gasteiger partial charge is 0.259 e. The summed E-state index contributed by atoms with van der Waals surface area (Å²) in [5.74, 6) is -0.686. The Morgan fingerprint density at radius 3 is 2.29 bits per heavy atom. The van der Waals surface area contributed by atoms with Crippen molar-refractivity contribution < 1.29 is 18.8 Å². The summed E-state index contributed by atoms with van der Waals surface area (Å²) in [5, 5.41) is 6.02. The minimum Gasteiger partial charge on any atom is -0.415 e. The fraction of sp³-hybridized carbons (Fsp3) is 0.259. The first kappa shape index (κ1) is 22.0. The van der Waals surface area contributed by atoms with Crippen molar-refractivity contribution in [3.8, 4) is 0 Å². The number of nitrogens with one attached hydrogen (secondary N) is 2. The Balaban J connectivity index is 1.55. The van der Waals surface area contributed by atoms with Crippen LogP contribution in [0, 0.1) is 0 Å². The van der Waals surface area contributed by atoms with Crippen molar-refractivity contribution in [2.45, 2.75) is 26.2 Å². The molecule has 0 saturated heterocycles. The lowest BCUT2D eigenvalue weighted by Gasteiger charge is -2.17. The number of imide groups is 1. The fourth-order valence-electron chi connectivity index (χ4n) is 5.22. The van der Waals surface area contributed by atoms with E-state index in [1.54, 1.807) is 0 Å².